The van der Waals surface area contributed by atoms with E-state index < -0.39 is 0 Å². The van der Waals surface area contributed by atoms with E-state index in [-0.39, 0.29) is 5.91 Å². The molecule has 32 heavy (non-hydrogen) atoms. The van der Waals surface area contributed by atoms with Crippen LogP contribution >= 0.6 is 23.2 Å². The molecule has 2 fully saturated rings. The van der Waals surface area contributed by atoms with Gasteiger partial charge in [-0.25, -0.2) is 4.98 Å². The van der Waals surface area contributed by atoms with Gasteiger partial charge in [0.15, 0.2) is 0 Å². The Balaban J connectivity index is 1.36. The van der Waals surface area contributed by atoms with Crippen molar-refractivity contribution in [1.29, 1.82) is 0 Å². The molecule has 1 atom stereocenters. The van der Waals surface area contributed by atoms with E-state index >= 15 is 0 Å². The lowest BCUT2D eigenvalue weighted by atomic mass is 10.1. The zero-order valence-corrected chi connectivity index (χ0v) is 19.7. The summed E-state index contributed by atoms with van der Waals surface area (Å²) in [6, 6.07) is 7.82. The predicted octanol–water partition coefficient (Wildman–Crippen LogP) is 4.52. The molecule has 1 aromatic heterocycles. The summed E-state index contributed by atoms with van der Waals surface area (Å²) in [4.78, 5) is 24.9. The van der Waals surface area contributed by atoms with Crippen molar-refractivity contribution in [1.82, 2.24) is 14.8 Å². The highest BCUT2D eigenvalue weighted by Gasteiger charge is 2.32. The lowest BCUT2D eigenvalue weighted by Gasteiger charge is -2.33. The summed E-state index contributed by atoms with van der Waals surface area (Å²) in [6.45, 7) is 6.34. The number of pyridine rings is 1. The summed E-state index contributed by atoms with van der Waals surface area (Å²) in [5.41, 5.74) is 2.56. The minimum absolute atomic E-state index is 0.0910. The van der Waals surface area contributed by atoms with Crippen molar-refractivity contribution < 1.29 is 4.79 Å². The van der Waals surface area contributed by atoms with Crippen LogP contribution in [0.5, 0.6) is 0 Å². The second-order valence-electron chi connectivity index (χ2n) is 8.98. The van der Waals surface area contributed by atoms with E-state index in [1.54, 1.807) is 12.3 Å². The number of anilines is 2. The monoisotopic (exact) mass is 473 g/mol. The second kappa shape index (κ2) is 9.46. The van der Waals surface area contributed by atoms with Crippen LogP contribution < -0.4 is 10.2 Å². The molecule has 0 radical (unpaired) electrons. The Bertz CT molecular complexity index is 994. The third-order valence-corrected chi connectivity index (χ3v) is 7.41. The molecule has 0 spiro atoms. The van der Waals surface area contributed by atoms with E-state index in [4.69, 9.17) is 23.2 Å². The first-order chi connectivity index (χ1) is 15.6. The van der Waals surface area contributed by atoms with Gasteiger partial charge in [-0.3, -0.25) is 4.79 Å². The normalized spacial score (nSPS) is 21.0. The molecule has 0 bridgehead atoms. The Kier molecular flexibility index (Phi) is 6.44. The van der Waals surface area contributed by atoms with Crippen molar-refractivity contribution in [3.63, 3.8) is 0 Å². The van der Waals surface area contributed by atoms with Crippen LogP contribution in [0.1, 0.15) is 41.6 Å². The first kappa shape index (κ1) is 21.8. The number of likely N-dealkylation sites (tertiary alicyclic amines) is 2. The summed E-state index contributed by atoms with van der Waals surface area (Å²) < 4.78 is 0. The number of hydrogen-bond acceptors (Lipinski definition) is 5. The average Bonchev–Trinajstić information content (AvgIpc) is 3.48. The number of carbonyl (C=O) groups is 1. The van der Waals surface area contributed by atoms with Crippen LogP contribution in [-0.4, -0.2) is 66.0 Å². The van der Waals surface area contributed by atoms with Gasteiger partial charge in [0.1, 0.15) is 5.82 Å². The van der Waals surface area contributed by atoms with E-state index in [9.17, 15) is 4.79 Å². The number of fused-ring (bicyclic) bond motifs is 1. The second-order valence-corrected chi connectivity index (χ2v) is 9.82. The standard InChI is InChI=1S/C24H29Cl2N5O/c25-19-5-6-21(26)18(12-19)15-30-11-7-27-23-22(30)13-17(14-28-23)24(32)31-10-3-4-20(31)16-29-8-1-2-9-29/h5-6,12-14,20H,1-4,7-11,15-16H2,(H,27,28). The quantitative estimate of drug-likeness (QED) is 0.691. The third kappa shape index (κ3) is 4.54. The molecule has 1 amide bonds. The van der Waals surface area contributed by atoms with E-state index in [1.165, 1.54) is 12.8 Å². The van der Waals surface area contributed by atoms with Crippen molar-refractivity contribution in [3.05, 3.63) is 51.6 Å². The van der Waals surface area contributed by atoms with E-state index in [0.717, 1.165) is 69.2 Å². The topological polar surface area (TPSA) is 51.7 Å². The number of nitrogens with zero attached hydrogens (tertiary/aromatic N) is 4. The number of amides is 1. The Morgan fingerprint density at radius 1 is 1.09 bits per heavy atom. The van der Waals surface area contributed by atoms with Crippen LogP contribution in [0.15, 0.2) is 30.5 Å². The highest BCUT2D eigenvalue weighted by Crippen LogP contribution is 2.32. The van der Waals surface area contributed by atoms with Crippen LogP contribution in [0, 0.1) is 0 Å². The number of rotatable bonds is 5. The molecule has 1 N–H and O–H groups in total. The van der Waals surface area contributed by atoms with Gasteiger partial charge in [-0.1, -0.05) is 23.2 Å². The lowest BCUT2D eigenvalue weighted by Crippen LogP contribution is -2.42. The van der Waals surface area contributed by atoms with Crippen LogP contribution in [0.25, 0.3) is 0 Å². The lowest BCUT2D eigenvalue weighted by molar-refractivity contribution is 0.0708. The van der Waals surface area contributed by atoms with E-state index in [2.05, 4.69) is 25.0 Å². The molecule has 2 aromatic rings. The minimum Gasteiger partial charge on any atom is -0.367 e. The van der Waals surface area contributed by atoms with Gasteiger partial charge in [0.25, 0.3) is 5.91 Å². The fourth-order valence-corrected chi connectivity index (χ4v) is 5.51. The maximum Gasteiger partial charge on any atom is 0.255 e. The largest absolute Gasteiger partial charge is 0.367 e. The van der Waals surface area contributed by atoms with E-state index in [0.29, 0.717) is 28.2 Å². The van der Waals surface area contributed by atoms with Gasteiger partial charge in [-0.05, 0) is 68.6 Å². The fraction of sp³-hybridized carbons (Fsp3) is 0.500. The van der Waals surface area contributed by atoms with Crippen molar-refractivity contribution in [2.75, 3.05) is 49.5 Å². The maximum absolute atomic E-state index is 13.5. The Morgan fingerprint density at radius 2 is 1.94 bits per heavy atom. The van der Waals surface area contributed by atoms with Gasteiger partial charge in [0, 0.05) is 55.0 Å². The van der Waals surface area contributed by atoms with Gasteiger partial charge in [0.2, 0.25) is 0 Å². The Morgan fingerprint density at radius 3 is 2.78 bits per heavy atom. The molecule has 4 heterocycles. The molecule has 2 saturated heterocycles. The summed E-state index contributed by atoms with van der Waals surface area (Å²) >= 11 is 12.6. The Hall–Kier alpha value is -2.02. The Labute approximate surface area is 199 Å². The van der Waals surface area contributed by atoms with E-state index in [1.807, 2.05) is 18.2 Å². The van der Waals surface area contributed by atoms with Gasteiger partial charge in [-0.15, -0.1) is 0 Å². The first-order valence-corrected chi connectivity index (χ1v) is 12.3. The summed E-state index contributed by atoms with van der Waals surface area (Å²) in [5.74, 6) is 0.897. The van der Waals surface area contributed by atoms with Crippen LogP contribution in [0.4, 0.5) is 11.5 Å². The van der Waals surface area contributed by atoms with Crippen molar-refractivity contribution >= 4 is 40.6 Å². The molecule has 170 valence electrons. The van der Waals surface area contributed by atoms with Crippen molar-refractivity contribution in [3.8, 4) is 0 Å². The molecular formula is C24H29Cl2N5O. The highest BCUT2D eigenvalue weighted by atomic mass is 35.5. The number of hydrogen-bond donors (Lipinski definition) is 1. The zero-order chi connectivity index (χ0) is 22.1. The molecule has 3 aliphatic rings. The molecule has 1 aromatic carbocycles. The zero-order valence-electron chi connectivity index (χ0n) is 18.2. The molecule has 3 aliphatic heterocycles. The molecular weight excluding hydrogens is 445 g/mol. The van der Waals surface area contributed by atoms with Crippen LogP contribution in [-0.2, 0) is 6.54 Å². The van der Waals surface area contributed by atoms with Gasteiger partial charge < -0.3 is 20.0 Å². The number of benzene rings is 1. The van der Waals surface area contributed by atoms with Crippen LogP contribution in [0.3, 0.4) is 0 Å². The molecule has 5 rings (SSSR count). The third-order valence-electron chi connectivity index (χ3n) is 6.80. The number of carbonyl (C=O) groups excluding carboxylic acids is 1. The van der Waals surface area contributed by atoms with Crippen LogP contribution in [0.2, 0.25) is 10.0 Å². The summed E-state index contributed by atoms with van der Waals surface area (Å²) in [7, 11) is 0. The minimum atomic E-state index is 0.0910. The first-order valence-electron chi connectivity index (χ1n) is 11.5. The maximum atomic E-state index is 13.5. The van der Waals surface area contributed by atoms with Gasteiger partial charge in [0.05, 0.1) is 11.3 Å². The number of nitrogens with one attached hydrogen (secondary N) is 1. The predicted molar refractivity (Wildman–Crippen MR) is 130 cm³/mol. The molecule has 6 nitrogen and oxygen atoms in total. The summed E-state index contributed by atoms with van der Waals surface area (Å²) in [6.07, 6.45) is 6.42. The van der Waals surface area contributed by atoms with Crippen molar-refractivity contribution in [2.24, 2.45) is 0 Å². The fourth-order valence-electron chi connectivity index (χ4n) is 5.13. The average molecular weight is 474 g/mol. The van der Waals surface area contributed by atoms with Gasteiger partial charge >= 0.3 is 0 Å². The smallest absolute Gasteiger partial charge is 0.255 e. The van der Waals surface area contributed by atoms with Crippen molar-refractivity contribution in [2.45, 2.75) is 38.3 Å². The highest BCUT2D eigenvalue weighted by molar-refractivity contribution is 6.33. The number of halogens is 2. The molecule has 0 saturated carbocycles. The SMILES string of the molecule is O=C(c1cnc2c(c1)N(Cc1cc(Cl)ccc1Cl)CCN2)N1CCCC1CN1CCCC1. The molecule has 1 unspecified atom stereocenters. The molecule has 0 aliphatic carbocycles. The number of aromatic nitrogens is 1. The van der Waals surface area contributed by atoms with Gasteiger partial charge in [-0.2, -0.15) is 0 Å². The molecule has 8 heteroatoms. The summed E-state index contributed by atoms with van der Waals surface area (Å²) in [5, 5.41) is 4.71.